The Bertz CT molecular complexity index is 503. The van der Waals surface area contributed by atoms with Gasteiger partial charge in [-0.15, -0.1) is 0 Å². The lowest BCUT2D eigenvalue weighted by atomic mass is 10.1. The number of amides is 1. The highest BCUT2D eigenvalue weighted by Crippen LogP contribution is 2.18. The van der Waals surface area contributed by atoms with E-state index in [0.29, 0.717) is 32.9 Å². The number of carbonyl (C=O) groups excluding carboxylic acids is 1. The fraction of sp³-hybridized carbons (Fsp3) is 0.562. The molecule has 0 radical (unpaired) electrons. The highest BCUT2D eigenvalue weighted by atomic mass is 19.1. The first-order valence-corrected chi connectivity index (χ1v) is 7.72. The first-order chi connectivity index (χ1) is 10.7. The predicted octanol–water partition coefficient (Wildman–Crippen LogP) is 1.33. The van der Waals surface area contributed by atoms with Crippen molar-refractivity contribution in [1.29, 1.82) is 0 Å². The van der Waals surface area contributed by atoms with Crippen molar-refractivity contribution >= 4 is 11.6 Å². The number of nitrogens with one attached hydrogen (secondary N) is 1. The van der Waals surface area contributed by atoms with Gasteiger partial charge in [0.2, 0.25) is 0 Å². The Morgan fingerprint density at radius 3 is 2.64 bits per heavy atom. The number of nitrogens with zero attached hydrogens (tertiary/aromatic N) is 1. The average molecular weight is 308 g/mol. The van der Waals surface area contributed by atoms with E-state index < -0.39 is 6.10 Å². The molecule has 2 heterocycles. The fourth-order valence-corrected chi connectivity index (χ4v) is 2.83. The predicted molar refractivity (Wildman–Crippen MR) is 80.3 cm³/mol. The Labute approximate surface area is 129 Å². The standard InChI is InChI=1S/C16H21FN2O3/c17-12-1-3-14(4-2-12)19-7-10-22-15(11-19)16(20)18-13-5-8-21-9-6-13/h1-4,13,15H,5-11H2,(H,18,20). The highest BCUT2D eigenvalue weighted by Gasteiger charge is 2.28. The maximum atomic E-state index is 13.0. The van der Waals surface area contributed by atoms with Crippen LogP contribution in [0.2, 0.25) is 0 Å². The van der Waals surface area contributed by atoms with Crippen LogP contribution in [0.25, 0.3) is 0 Å². The van der Waals surface area contributed by atoms with E-state index in [1.807, 2.05) is 0 Å². The van der Waals surface area contributed by atoms with E-state index in [0.717, 1.165) is 18.5 Å². The van der Waals surface area contributed by atoms with Crippen LogP contribution in [-0.4, -0.2) is 51.0 Å². The smallest absolute Gasteiger partial charge is 0.251 e. The van der Waals surface area contributed by atoms with Gasteiger partial charge in [-0.3, -0.25) is 4.79 Å². The number of halogens is 1. The summed E-state index contributed by atoms with van der Waals surface area (Å²) >= 11 is 0. The van der Waals surface area contributed by atoms with Gasteiger partial charge in [0.15, 0.2) is 6.10 Å². The number of ether oxygens (including phenoxy) is 2. The molecule has 1 unspecified atom stereocenters. The molecular weight excluding hydrogens is 287 g/mol. The first kappa shape index (κ1) is 15.2. The number of hydrogen-bond acceptors (Lipinski definition) is 4. The van der Waals surface area contributed by atoms with Gasteiger partial charge in [0.1, 0.15) is 5.82 Å². The molecule has 2 aliphatic rings. The molecule has 6 heteroatoms. The number of anilines is 1. The second-order valence-electron chi connectivity index (χ2n) is 5.68. The zero-order valence-electron chi connectivity index (χ0n) is 12.5. The molecule has 22 heavy (non-hydrogen) atoms. The second-order valence-corrected chi connectivity index (χ2v) is 5.68. The number of rotatable bonds is 3. The number of benzene rings is 1. The van der Waals surface area contributed by atoms with Crippen LogP contribution in [-0.2, 0) is 14.3 Å². The van der Waals surface area contributed by atoms with Gasteiger partial charge in [0.05, 0.1) is 13.2 Å². The van der Waals surface area contributed by atoms with Crippen molar-refractivity contribution in [2.24, 2.45) is 0 Å². The number of carbonyl (C=O) groups is 1. The van der Waals surface area contributed by atoms with E-state index in [1.165, 1.54) is 12.1 Å². The van der Waals surface area contributed by atoms with Crippen LogP contribution in [0.3, 0.4) is 0 Å². The molecule has 2 aliphatic heterocycles. The van der Waals surface area contributed by atoms with Gasteiger partial charge in [-0.2, -0.15) is 0 Å². The van der Waals surface area contributed by atoms with Gasteiger partial charge in [-0.05, 0) is 37.1 Å². The molecular formula is C16H21FN2O3. The minimum absolute atomic E-state index is 0.0706. The normalized spacial score (nSPS) is 23.3. The summed E-state index contributed by atoms with van der Waals surface area (Å²) in [5, 5.41) is 3.04. The van der Waals surface area contributed by atoms with E-state index in [1.54, 1.807) is 12.1 Å². The van der Waals surface area contributed by atoms with Crippen LogP contribution in [0.15, 0.2) is 24.3 Å². The van der Waals surface area contributed by atoms with E-state index in [-0.39, 0.29) is 17.8 Å². The summed E-state index contributed by atoms with van der Waals surface area (Å²) in [5.41, 5.74) is 0.911. The third-order valence-corrected chi connectivity index (χ3v) is 4.12. The van der Waals surface area contributed by atoms with E-state index in [9.17, 15) is 9.18 Å². The summed E-state index contributed by atoms with van der Waals surface area (Å²) in [5.74, 6) is -0.329. The summed E-state index contributed by atoms with van der Waals surface area (Å²) in [6.45, 7) is 3.06. The van der Waals surface area contributed by atoms with Crippen LogP contribution in [0, 0.1) is 5.82 Å². The third-order valence-electron chi connectivity index (χ3n) is 4.12. The molecule has 1 aromatic carbocycles. The zero-order chi connectivity index (χ0) is 15.4. The second kappa shape index (κ2) is 7.07. The molecule has 1 N–H and O–H groups in total. The molecule has 1 atom stereocenters. The Morgan fingerprint density at radius 1 is 1.18 bits per heavy atom. The third kappa shape index (κ3) is 3.75. The number of hydrogen-bond donors (Lipinski definition) is 1. The molecule has 2 saturated heterocycles. The Morgan fingerprint density at radius 2 is 1.91 bits per heavy atom. The molecule has 1 aromatic rings. The van der Waals surface area contributed by atoms with E-state index >= 15 is 0 Å². The minimum atomic E-state index is -0.485. The lowest BCUT2D eigenvalue weighted by Gasteiger charge is -2.34. The summed E-state index contributed by atoms with van der Waals surface area (Å²) in [6, 6.07) is 6.50. The van der Waals surface area contributed by atoms with Gasteiger partial charge >= 0.3 is 0 Å². The Hall–Kier alpha value is -1.66. The average Bonchev–Trinajstić information content (AvgIpc) is 2.56. The zero-order valence-corrected chi connectivity index (χ0v) is 12.5. The lowest BCUT2D eigenvalue weighted by Crippen LogP contribution is -2.52. The van der Waals surface area contributed by atoms with Gasteiger partial charge < -0.3 is 19.7 Å². The molecule has 0 saturated carbocycles. The van der Waals surface area contributed by atoms with Crippen LogP contribution >= 0.6 is 0 Å². The topological polar surface area (TPSA) is 50.8 Å². The van der Waals surface area contributed by atoms with Crippen LogP contribution < -0.4 is 10.2 Å². The van der Waals surface area contributed by atoms with Crippen molar-refractivity contribution in [3.8, 4) is 0 Å². The summed E-state index contributed by atoms with van der Waals surface area (Å²) in [7, 11) is 0. The molecule has 0 bridgehead atoms. The van der Waals surface area contributed by atoms with Crippen molar-refractivity contribution < 1.29 is 18.7 Å². The maximum absolute atomic E-state index is 13.0. The molecule has 1 amide bonds. The molecule has 5 nitrogen and oxygen atoms in total. The van der Waals surface area contributed by atoms with Crippen molar-refractivity contribution in [1.82, 2.24) is 5.32 Å². The largest absolute Gasteiger partial charge is 0.381 e. The van der Waals surface area contributed by atoms with Crippen molar-refractivity contribution in [3.63, 3.8) is 0 Å². The summed E-state index contributed by atoms with van der Waals surface area (Å²) < 4.78 is 23.9. The minimum Gasteiger partial charge on any atom is -0.381 e. The van der Waals surface area contributed by atoms with Crippen LogP contribution in [0.1, 0.15) is 12.8 Å². The van der Waals surface area contributed by atoms with E-state index in [4.69, 9.17) is 9.47 Å². The molecule has 0 aliphatic carbocycles. The quantitative estimate of drug-likeness (QED) is 0.915. The number of morpholine rings is 1. The molecule has 0 spiro atoms. The summed E-state index contributed by atoms with van der Waals surface area (Å²) in [6.07, 6.45) is 1.21. The molecule has 0 aromatic heterocycles. The summed E-state index contributed by atoms with van der Waals surface area (Å²) in [4.78, 5) is 14.4. The van der Waals surface area contributed by atoms with Crippen molar-refractivity contribution in [2.75, 3.05) is 37.8 Å². The van der Waals surface area contributed by atoms with E-state index in [2.05, 4.69) is 10.2 Å². The van der Waals surface area contributed by atoms with Crippen LogP contribution in [0.5, 0.6) is 0 Å². The monoisotopic (exact) mass is 308 g/mol. The van der Waals surface area contributed by atoms with Crippen molar-refractivity contribution in [3.05, 3.63) is 30.1 Å². The molecule has 120 valence electrons. The SMILES string of the molecule is O=C(NC1CCOCC1)C1CN(c2ccc(F)cc2)CCO1. The van der Waals surface area contributed by atoms with Crippen LogP contribution in [0.4, 0.5) is 10.1 Å². The molecule has 3 rings (SSSR count). The maximum Gasteiger partial charge on any atom is 0.251 e. The first-order valence-electron chi connectivity index (χ1n) is 7.72. The van der Waals surface area contributed by atoms with Gasteiger partial charge in [-0.25, -0.2) is 4.39 Å². The fourth-order valence-electron chi connectivity index (χ4n) is 2.83. The Kier molecular flexibility index (Phi) is 4.90. The highest BCUT2D eigenvalue weighted by molar-refractivity contribution is 5.82. The van der Waals surface area contributed by atoms with Gasteiger partial charge in [0, 0.05) is 31.5 Å². The molecule has 2 fully saturated rings. The van der Waals surface area contributed by atoms with Gasteiger partial charge in [0.25, 0.3) is 5.91 Å². The lowest BCUT2D eigenvalue weighted by molar-refractivity contribution is -0.134. The Balaban J connectivity index is 1.57. The van der Waals surface area contributed by atoms with Crippen molar-refractivity contribution in [2.45, 2.75) is 25.0 Å². The van der Waals surface area contributed by atoms with Gasteiger partial charge in [-0.1, -0.05) is 0 Å².